The Morgan fingerprint density at radius 2 is 2.32 bits per heavy atom. The minimum atomic E-state index is -0.328. The van der Waals surface area contributed by atoms with Crippen molar-refractivity contribution in [1.82, 2.24) is 4.90 Å². The van der Waals surface area contributed by atoms with Crippen LogP contribution in [0.25, 0.3) is 0 Å². The lowest BCUT2D eigenvalue weighted by atomic mass is 10.1. The van der Waals surface area contributed by atoms with Gasteiger partial charge in [-0.3, -0.25) is 4.79 Å². The molecule has 0 saturated heterocycles. The molecule has 0 fully saturated rings. The van der Waals surface area contributed by atoms with Crippen LogP contribution in [-0.4, -0.2) is 23.4 Å². The maximum atomic E-state index is 13.7. The number of amides is 1. The number of halogens is 2. The molecule has 0 bridgehead atoms. The van der Waals surface area contributed by atoms with Crippen molar-refractivity contribution < 1.29 is 9.18 Å². The molecule has 19 heavy (non-hydrogen) atoms. The minimum Gasteiger partial charge on any atom is -0.335 e. The van der Waals surface area contributed by atoms with E-state index in [9.17, 15) is 9.18 Å². The Morgan fingerprint density at radius 3 is 2.89 bits per heavy atom. The van der Waals surface area contributed by atoms with Gasteiger partial charge in [0.25, 0.3) is 0 Å². The number of rotatable bonds is 6. The zero-order valence-corrected chi connectivity index (χ0v) is 12.5. The van der Waals surface area contributed by atoms with Gasteiger partial charge in [0.15, 0.2) is 0 Å². The summed E-state index contributed by atoms with van der Waals surface area (Å²) in [5.74, 6) is -0.430. The SMILES string of the molecule is C=CCN(Cc1cc(Br)ccc1F)C(=O)CC(C)N. The first-order valence-electron chi connectivity index (χ1n) is 6.02. The average molecular weight is 329 g/mol. The molecule has 0 aromatic heterocycles. The molecule has 1 aromatic carbocycles. The summed E-state index contributed by atoms with van der Waals surface area (Å²) in [6.45, 7) is 5.97. The van der Waals surface area contributed by atoms with Crippen molar-refractivity contribution >= 4 is 21.8 Å². The Kier molecular flexibility index (Phi) is 6.18. The fourth-order valence-electron chi connectivity index (χ4n) is 1.69. The van der Waals surface area contributed by atoms with Crippen LogP contribution < -0.4 is 5.73 Å². The summed E-state index contributed by atoms with van der Waals surface area (Å²) in [6.07, 6.45) is 1.86. The largest absolute Gasteiger partial charge is 0.335 e. The lowest BCUT2D eigenvalue weighted by Crippen LogP contribution is -2.34. The molecule has 1 atom stereocenters. The molecule has 1 rings (SSSR count). The molecule has 0 spiro atoms. The van der Waals surface area contributed by atoms with Crippen LogP contribution in [0.1, 0.15) is 18.9 Å². The molecule has 2 N–H and O–H groups in total. The third-order valence-electron chi connectivity index (χ3n) is 2.57. The molecule has 0 aliphatic heterocycles. The number of hydrogen-bond acceptors (Lipinski definition) is 2. The van der Waals surface area contributed by atoms with E-state index in [2.05, 4.69) is 22.5 Å². The summed E-state index contributed by atoms with van der Waals surface area (Å²) in [6, 6.07) is 4.46. The van der Waals surface area contributed by atoms with Crippen LogP contribution in [-0.2, 0) is 11.3 Å². The number of hydrogen-bond donors (Lipinski definition) is 1. The van der Waals surface area contributed by atoms with Gasteiger partial charge >= 0.3 is 0 Å². The number of carbonyl (C=O) groups is 1. The lowest BCUT2D eigenvalue weighted by molar-refractivity contribution is -0.131. The van der Waals surface area contributed by atoms with E-state index in [1.165, 1.54) is 6.07 Å². The Hall–Kier alpha value is -1.20. The van der Waals surface area contributed by atoms with Crippen molar-refractivity contribution in [3.63, 3.8) is 0 Å². The molecule has 1 unspecified atom stereocenters. The van der Waals surface area contributed by atoms with Crippen LogP contribution in [0, 0.1) is 5.82 Å². The first kappa shape index (κ1) is 15.9. The van der Waals surface area contributed by atoms with E-state index in [0.717, 1.165) is 4.47 Å². The molecule has 0 aliphatic carbocycles. The van der Waals surface area contributed by atoms with E-state index in [1.807, 2.05) is 0 Å². The number of nitrogens with two attached hydrogens (primary N) is 1. The first-order valence-corrected chi connectivity index (χ1v) is 6.81. The van der Waals surface area contributed by atoms with Crippen LogP contribution in [0.4, 0.5) is 4.39 Å². The Bertz CT molecular complexity index is 463. The fraction of sp³-hybridized carbons (Fsp3) is 0.357. The van der Waals surface area contributed by atoms with Crippen molar-refractivity contribution in [2.45, 2.75) is 25.9 Å². The highest BCUT2D eigenvalue weighted by Gasteiger charge is 2.16. The van der Waals surface area contributed by atoms with Gasteiger partial charge in [-0.25, -0.2) is 4.39 Å². The van der Waals surface area contributed by atoms with Crippen molar-refractivity contribution in [3.8, 4) is 0 Å². The van der Waals surface area contributed by atoms with Gasteiger partial charge in [0, 0.05) is 35.6 Å². The van der Waals surface area contributed by atoms with E-state index in [0.29, 0.717) is 12.1 Å². The minimum absolute atomic E-state index is 0.103. The standard InChI is InChI=1S/C14H18BrFN2O/c1-3-6-18(14(19)7-10(2)17)9-11-8-12(15)4-5-13(11)16/h3-5,8,10H,1,6-7,9,17H2,2H3. The molecule has 0 heterocycles. The molecule has 1 aromatic rings. The van der Waals surface area contributed by atoms with Gasteiger partial charge in [-0.05, 0) is 25.1 Å². The maximum absolute atomic E-state index is 13.7. The molecule has 0 saturated carbocycles. The quantitative estimate of drug-likeness (QED) is 0.816. The van der Waals surface area contributed by atoms with Gasteiger partial charge in [0.2, 0.25) is 5.91 Å². The Morgan fingerprint density at radius 1 is 1.63 bits per heavy atom. The van der Waals surface area contributed by atoms with Gasteiger partial charge in [0.05, 0.1) is 0 Å². The molecular formula is C14H18BrFN2O. The molecule has 104 valence electrons. The molecule has 0 aliphatic rings. The fourth-order valence-corrected chi connectivity index (χ4v) is 2.09. The van der Waals surface area contributed by atoms with E-state index in [1.54, 1.807) is 30.0 Å². The summed E-state index contributed by atoms with van der Waals surface area (Å²) in [5, 5.41) is 0. The summed E-state index contributed by atoms with van der Waals surface area (Å²) >= 11 is 3.29. The predicted octanol–water partition coefficient (Wildman–Crippen LogP) is 2.84. The van der Waals surface area contributed by atoms with E-state index >= 15 is 0 Å². The van der Waals surface area contributed by atoms with E-state index in [-0.39, 0.29) is 30.7 Å². The lowest BCUT2D eigenvalue weighted by Gasteiger charge is -2.22. The number of carbonyl (C=O) groups excluding carboxylic acids is 1. The monoisotopic (exact) mass is 328 g/mol. The summed E-state index contributed by atoms with van der Waals surface area (Å²) in [4.78, 5) is 13.6. The van der Waals surface area contributed by atoms with Gasteiger partial charge in [0.1, 0.15) is 5.82 Å². The third kappa shape index (κ3) is 5.12. The van der Waals surface area contributed by atoms with Crippen molar-refractivity contribution in [2.75, 3.05) is 6.54 Å². The summed E-state index contributed by atoms with van der Waals surface area (Å²) < 4.78 is 14.5. The van der Waals surface area contributed by atoms with Gasteiger partial charge in [-0.1, -0.05) is 22.0 Å². The number of benzene rings is 1. The highest BCUT2D eigenvalue weighted by atomic mass is 79.9. The molecule has 3 nitrogen and oxygen atoms in total. The summed E-state index contributed by atoms with van der Waals surface area (Å²) in [5.41, 5.74) is 6.09. The zero-order chi connectivity index (χ0) is 14.4. The molecule has 0 radical (unpaired) electrons. The number of nitrogens with zero attached hydrogens (tertiary/aromatic N) is 1. The van der Waals surface area contributed by atoms with E-state index in [4.69, 9.17) is 5.73 Å². The molecular weight excluding hydrogens is 311 g/mol. The molecule has 5 heteroatoms. The first-order chi connectivity index (χ1) is 8.93. The van der Waals surface area contributed by atoms with Gasteiger partial charge < -0.3 is 10.6 Å². The highest BCUT2D eigenvalue weighted by Crippen LogP contribution is 2.17. The maximum Gasteiger partial charge on any atom is 0.224 e. The van der Waals surface area contributed by atoms with Crippen molar-refractivity contribution in [2.24, 2.45) is 5.73 Å². The smallest absolute Gasteiger partial charge is 0.224 e. The second-order valence-corrected chi connectivity index (χ2v) is 5.40. The average Bonchev–Trinajstić information content (AvgIpc) is 2.32. The zero-order valence-electron chi connectivity index (χ0n) is 10.9. The second-order valence-electron chi connectivity index (χ2n) is 4.48. The normalized spacial score (nSPS) is 12.0. The van der Waals surface area contributed by atoms with Gasteiger partial charge in [-0.15, -0.1) is 6.58 Å². The predicted molar refractivity (Wildman–Crippen MR) is 78.0 cm³/mol. The van der Waals surface area contributed by atoms with Crippen LogP contribution >= 0.6 is 15.9 Å². The molecule has 1 amide bonds. The van der Waals surface area contributed by atoms with Crippen molar-refractivity contribution in [1.29, 1.82) is 0 Å². The topological polar surface area (TPSA) is 46.3 Å². The highest BCUT2D eigenvalue weighted by molar-refractivity contribution is 9.10. The Labute approximate surface area is 121 Å². The van der Waals surface area contributed by atoms with Crippen LogP contribution in [0.15, 0.2) is 35.3 Å². The van der Waals surface area contributed by atoms with Crippen LogP contribution in [0.2, 0.25) is 0 Å². The van der Waals surface area contributed by atoms with Crippen molar-refractivity contribution in [3.05, 3.63) is 46.7 Å². The van der Waals surface area contributed by atoms with Crippen LogP contribution in [0.5, 0.6) is 0 Å². The second kappa shape index (κ2) is 7.40. The van der Waals surface area contributed by atoms with Gasteiger partial charge in [-0.2, -0.15) is 0 Å². The summed E-state index contributed by atoms with van der Waals surface area (Å²) in [7, 11) is 0. The Balaban J connectivity index is 2.85. The van der Waals surface area contributed by atoms with Crippen LogP contribution in [0.3, 0.4) is 0 Å². The van der Waals surface area contributed by atoms with E-state index < -0.39 is 0 Å². The third-order valence-corrected chi connectivity index (χ3v) is 3.06.